The number of H-pyrrole nitrogens is 1. The average molecular weight is 757 g/mol. The highest BCUT2D eigenvalue weighted by molar-refractivity contribution is 6.11. The fourth-order valence-electron chi connectivity index (χ4n) is 9.07. The minimum absolute atomic E-state index is 0.309. The van der Waals surface area contributed by atoms with Crippen molar-refractivity contribution in [2.75, 3.05) is 0 Å². The van der Waals surface area contributed by atoms with Crippen LogP contribution in [0.1, 0.15) is 29.0 Å². The molecule has 1 unspecified atom stereocenters. The molecule has 0 fully saturated rings. The van der Waals surface area contributed by atoms with Gasteiger partial charge in [0.15, 0.2) is 17.5 Å². The van der Waals surface area contributed by atoms with Gasteiger partial charge in [-0.2, -0.15) is 0 Å². The maximum atomic E-state index is 5.16. The first-order chi connectivity index (χ1) is 29.2. The van der Waals surface area contributed by atoms with Crippen LogP contribution < -0.4 is 0 Å². The van der Waals surface area contributed by atoms with E-state index in [1.54, 1.807) is 0 Å². The van der Waals surface area contributed by atoms with E-state index in [0.29, 0.717) is 23.4 Å². The molecule has 1 N–H and O–H groups in total. The summed E-state index contributed by atoms with van der Waals surface area (Å²) in [6.45, 7) is 0. The van der Waals surface area contributed by atoms with E-state index in [9.17, 15) is 0 Å². The summed E-state index contributed by atoms with van der Waals surface area (Å²) in [6, 6.07) is 69.4. The number of benzene rings is 8. The number of hydrogen-bond acceptors (Lipinski definition) is 3. The van der Waals surface area contributed by atoms with Gasteiger partial charge in [0.2, 0.25) is 0 Å². The lowest BCUT2D eigenvalue weighted by atomic mass is 9.84. The van der Waals surface area contributed by atoms with Gasteiger partial charge < -0.3 is 4.98 Å². The molecule has 280 valence electrons. The Morgan fingerprint density at radius 2 is 1.03 bits per heavy atom. The number of para-hydroxylation sites is 2. The SMILES string of the molecule is c1ccc(-c2cccc(-c3nc(-c4ccccc4)nc(-c4cccc(CC5CCc6ccccc6-c6ccc(-c7cccc8c7[nH]c7ccccc78)cc65)c4)n3)c2)cc1. The van der Waals surface area contributed by atoms with Crippen LogP contribution in [-0.4, -0.2) is 19.9 Å². The average Bonchev–Trinajstić information content (AvgIpc) is 3.62. The van der Waals surface area contributed by atoms with Gasteiger partial charge in [-0.15, -0.1) is 0 Å². The molecule has 1 aliphatic rings. The van der Waals surface area contributed by atoms with E-state index in [-0.39, 0.29) is 0 Å². The number of fused-ring (bicyclic) bond motifs is 6. The Hall–Kier alpha value is -7.43. The number of nitrogens with one attached hydrogen (secondary N) is 1. The lowest BCUT2D eigenvalue weighted by molar-refractivity contribution is 0.629. The van der Waals surface area contributed by atoms with Crippen molar-refractivity contribution in [3.05, 3.63) is 211 Å². The summed E-state index contributed by atoms with van der Waals surface area (Å²) in [4.78, 5) is 19.1. The van der Waals surface area contributed by atoms with Crippen molar-refractivity contribution in [1.82, 2.24) is 19.9 Å². The normalized spacial score (nSPS) is 13.5. The molecule has 0 aliphatic heterocycles. The first-order valence-corrected chi connectivity index (χ1v) is 20.5. The molecular formula is C55H40N4. The van der Waals surface area contributed by atoms with Gasteiger partial charge >= 0.3 is 0 Å². The first-order valence-electron chi connectivity index (χ1n) is 20.5. The number of aromatic nitrogens is 4. The van der Waals surface area contributed by atoms with Crippen LogP contribution in [0.4, 0.5) is 0 Å². The van der Waals surface area contributed by atoms with Crippen LogP contribution in [0.15, 0.2) is 194 Å². The second-order valence-corrected chi connectivity index (χ2v) is 15.6. The zero-order valence-corrected chi connectivity index (χ0v) is 32.5. The van der Waals surface area contributed by atoms with E-state index in [1.807, 2.05) is 24.3 Å². The van der Waals surface area contributed by atoms with Crippen molar-refractivity contribution in [3.63, 3.8) is 0 Å². The van der Waals surface area contributed by atoms with Gasteiger partial charge in [0.05, 0.1) is 5.52 Å². The maximum Gasteiger partial charge on any atom is 0.164 e. The third kappa shape index (κ3) is 6.59. The highest BCUT2D eigenvalue weighted by atomic mass is 15.0. The molecule has 0 saturated carbocycles. The molecule has 0 radical (unpaired) electrons. The summed E-state index contributed by atoms with van der Waals surface area (Å²) in [6.07, 6.45) is 2.99. The van der Waals surface area contributed by atoms with E-state index in [1.165, 1.54) is 60.8 Å². The molecule has 2 heterocycles. The molecule has 10 aromatic rings. The van der Waals surface area contributed by atoms with E-state index < -0.39 is 0 Å². The minimum atomic E-state index is 0.309. The van der Waals surface area contributed by atoms with Crippen molar-refractivity contribution in [3.8, 4) is 67.5 Å². The molecule has 0 amide bonds. The van der Waals surface area contributed by atoms with Crippen molar-refractivity contribution < 1.29 is 0 Å². The smallest absolute Gasteiger partial charge is 0.164 e. The van der Waals surface area contributed by atoms with E-state index in [0.717, 1.165) is 47.1 Å². The quantitative estimate of drug-likeness (QED) is 0.176. The highest BCUT2D eigenvalue weighted by Gasteiger charge is 2.24. The lowest BCUT2D eigenvalue weighted by Crippen LogP contribution is -2.05. The van der Waals surface area contributed by atoms with Gasteiger partial charge in [-0.25, -0.2) is 15.0 Å². The van der Waals surface area contributed by atoms with Crippen LogP contribution in [0, 0.1) is 0 Å². The van der Waals surface area contributed by atoms with Crippen molar-refractivity contribution in [2.45, 2.75) is 25.2 Å². The molecule has 1 aliphatic carbocycles. The number of hydrogen-bond donors (Lipinski definition) is 1. The molecule has 4 nitrogen and oxygen atoms in total. The Bertz CT molecular complexity index is 3150. The second kappa shape index (κ2) is 14.8. The molecule has 59 heavy (non-hydrogen) atoms. The van der Waals surface area contributed by atoms with Gasteiger partial charge in [0.25, 0.3) is 0 Å². The summed E-state index contributed by atoms with van der Waals surface area (Å²) in [7, 11) is 0. The molecule has 2 aromatic heterocycles. The molecular weight excluding hydrogens is 717 g/mol. The Kier molecular flexibility index (Phi) is 8.74. The largest absolute Gasteiger partial charge is 0.354 e. The molecule has 0 spiro atoms. The number of rotatable bonds is 7. The van der Waals surface area contributed by atoms with Crippen LogP contribution in [0.5, 0.6) is 0 Å². The van der Waals surface area contributed by atoms with Crippen LogP contribution in [0.2, 0.25) is 0 Å². The summed E-state index contributed by atoms with van der Waals surface area (Å²) >= 11 is 0. The fourth-order valence-corrected chi connectivity index (χ4v) is 9.07. The van der Waals surface area contributed by atoms with Crippen molar-refractivity contribution >= 4 is 21.8 Å². The third-order valence-electron chi connectivity index (χ3n) is 12.0. The van der Waals surface area contributed by atoms with E-state index in [2.05, 4.69) is 175 Å². The predicted molar refractivity (Wildman–Crippen MR) is 243 cm³/mol. The van der Waals surface area contributed by atoms with Crippen molar-refractivity contribution in [1.29, 1.82) is 0 Å². The molecule has 4 heteroatoms. The third-order valence-corrected chi connectivity index (χ3v) is 12.0. The maximum absolute atomic E-state index is 5.16. The summed E-state index contributed by atoms with van der Waals surface area (Å²) in [5.74, 6) is 2.30. The lowest BCUT2D eigenvalue weighted by Gasteiger charge is -2.20. The van der Waals surface area contributed by atoms with Gasteiger partial charge in [0.1, 0.15) is 0 Å². The highest BCUT2D eigenvalue weighted by Crippen LogP contribution is 2.43. The Labute approximate surface area is 344 Å². The van der Waals surface area contributed by atoms with Gasteiger partial charge in [-0.05, 0) is 87.9 Å². The molecule has 11 rings (SSSR count). The van der Waals surface area contributed by atoms with Gasteiger partial charge in [-0.3, -0.25) is 0 Å². The topological polar surface area (TPSA) is 54.5 Å². The molecule has 1 atom stereocenters. The number of nitrogens with zero attached hydrogens (tertiary/aromatic N) is 3. The van der Waals surface area contributed by atoms with Gasteiger partial charge in [0, 0.05) is 38.5 Å². The Balaban J connectivity index is 0.991. The zero-order chi connectivity index (χ0) is 39.1. The summed E-state index contributed by atoms with van der Waals surface area (Å²) in [5.41, 5.74) is 16.8. The first kappa shape index (κ1) is 34.8. The van der Waals surface area contributed by atoms with Crippen LogP contribution in [-0.2, 0) is 12.8 Å². The molecule has 0 saturated heterocycles. The standard InChI is InChI=1S/C55H40N4/c1-3-15-37(16-4-1)40-20-12-22-44(34-40)55-58-53(39-18-5-2-6-19-39)57-54(59-55)43-21-11-14-36(33-43)32-41-29-28-38-17-7-8-23-45(38)47-31-30-42(35-50(41)47)46-25-13-26-49-48-24-9-10-27-51(48)56-52(46)49/h1-27,30-31,33-35,41,56H,28-29,32H2. The van der Waals surface area contributed by atoms with Gasteiger partial charge in [-0.1, -0.05) is 176 Å². The summed E-state index contributed by atoms with van der Waals surface area (Å²) in [5, 5.41) is 2.51. The number of aromatic amines is 1. The minimum Gasteiger partial charge on any atom is -0.354 e. The summed E-state index contributed by atoms with van der Waals surface area (Å²) < 4.78 is 0. The Morgan fingerprint density at radius 1 is 0.424 bits per heavy atom. The fraction of sp³-hybridized carbons (Fsp3) is 0.0727. The van der Waals surface area contributed by atoms with Crippen LogP contribution in [0.3, 0.4) is 0 Å². The second-order valence-electron chi connectivity index (χ2n) is 15.6. The molecule has 0 bridgehead atoms. The van der Waals surface area contributed by atoms with Crippen LogP contribution >= 0.6 is 0 Å². The van der Waals surface area contributed by atoms with Crippen molar-refractivity contribution in [2.24, 2.45) is 0 Å². The monoisotopic (exact) mass is 756 g/mol. The van der Waals surface area contributed by atoms with E-state index in [4.69, 9.17) is 15.0 Å². The Morgan fingerprint density at radius 3 is 1.86 bits per heavy atom. The molecule has 8 aromatic carbocycles. The van der Waals surface area contributed by atoms with Crippen LogP contribution in [0.25, 0.3) is 89.4 Å². The number of aryl methyl sites for hydroxylation is 1. The predicted octanol–water partition coefficient (Wildman–Crippen LogP) is 13.8. The van der Waals surface area contributed by atoms with E-state index >= 15 is 0 Å². The zero-order valence-electron chi connectivity index (χ0n) is 32.5.